The third kappa shape index (κ3) is 5.65. The van der Waals surface area contributed by atoms with Crippen molar-refractivity contribution in [3.63, 3.8) is 0 Å². The average Bonchev–Trinajstić information content (AvgIpc) is 3.07. The second kappa shape index (κ2) is 10.3. The molecule has 1 aromatic carbocycles. The SMILES string of the molecule is CCCOc1ccc(CN=C(NCC)NCc2ncnn2C)cc1OC. The van der Waals surface area contributed by atoms with Crippen LogP contribution >= 0.6 is 0 Å². The lowest BCUT2D eigenvalue weighted by Gasteiger charge is -2.12. The molecule has 0 aliphatic carbocycles. The lowest BCUT2D eigenvalue weighted by molar-refractivity contribution is 0.294. The molecule has 142 valence electrons. The Morgan fingerprint density at radius 2 is 2.08 bits per heavy atom. The van der Waals surface area contributed by atoms with Crippen molar-refractivity contribution in [2.24, 2.45) is 12.0 Å². The minimum absolute atomic E-state index is 0.526. The largest absolute Gasteiger partial charge is 0.493 e. The highest BCUT2D eigenvalue weighted by Gasteiger charge is 2.06. The van der Waals surface area contributed by atoms with Crippen LogP contribution in [0, 0.1) is 0 Å². The molecular weight excluding hydrogens is 332 g/mol. The highest BCUT2D eigenvalue weighted by atomic mass is 16.5. The van der Waals surface area contributed by atoms with Crippen molar-refractivity contribution < 1.29 is 9.47 Å². The summed E-state index contributed by atoms with van der Waals surface area (Å²) in [7, 11) is 3.51. The average molecular weight is 360 g/mol. The first kappa shape index (κ1) is 19.6. The Hall–Kier alpha value is -2.77. The summed E-state index contributed by atoms with van der Waals surface area (Å²) >= 11 is 0. The van der Waals surface area contributed by atoms with E-state index in [1.54, 1.807) is 11.8 Å². The van der Waals surface area contributed by atoms with Crippen LogP contribution in [0.5, 0.6) is 11.5 Å². The van der Waals surface area contributed by atoms with Gasteiger partial charge in [-0.25, -0.2) is 9.98 Å². The quantitative estimate of drug-likeness (QED) is 0.524. The molecule has 0 amide bonds. The predicted octanol–water partition coefficient (Wildman–Crippen LogP) is 1.87. The molecule has 1 heterocycles. The second-order valence-electron chi connectivity index (χ2n) is 5.68. The zero-order valence-corrected chi connectivity index (χ0v) is 16.0. The van der Waals surface area contributed by atoms with E-state index in [9.17, 15) is 0 Å². The van der Waals surface area contributed by atoms with Crippen LogP contribution in [0.15, 0.2) is 29.5 Å². The van der Waals surface area contributed by atoms with Crippen molar-refractivity contribution in [1.29, 1.82) is 0 Å². The van der Waals surface area contributed by atoms with Crippen LogP contribution in [0.4, 0.5) is 0 Å². The van der Waals surface area contributed by atoms with Crippen LogP contribution in [0.1, 0.15) is 31.7 Å². The second-order valence-corrected chi connectivity index (χ2v) is 5.68. The molecule has 2 rings (SSSR count). The lowest BCUT2D eigenvalue weighted by atomic mass is 10.2. The number of hydrogen-bond acceptors (Lipinski definition) is 5. The minimum atomic E-state index is 0.526. The highest BCUT2D eigenvalue weighted by molar-refractivity contribution is 5.79. The number of aromatic nitrogens is 3. The number of benzene rings is 1. The first-order chi connectivity index (χ1) is 12.7. The van der Waals surface area contributed by atoms with Crippen molar-refractivity contribution in [3.8, 4) is 11.5 Å². The number of rotatable bonds is 9. The first-order valence-electron chi connectivity index (χ1n) is 8.82. The number of aliphatic imine (C=N–C) groups is 1. The summed E-state index contributed by atoms with van der Waals surface area (Å²) in [5, 5.41) is 10.6. The van der Waals surface area contributed by atoms with E-state index in [0.717, 1.165) is 41.8 Å². The normalized spacial score (nSPS) is 11.3. The van der Waals surface area contributed by atoms with E-state index in [1.807, 2.05) is 32.2 Å². The molecule has 0 bridgehead atoms. The maximum Gasteiger partial charge on any atom is 0.191 e. The van der Waals surface area contributed by atoms with E-state index in [1.165, 1.54) is 6.33 Å². The number of nitrogens with one attached hydrogen (secondary N) is 2. The molecule has 1 aromatic heterocycles. The molecule has 0 radical (unpaired) electrons. The molecule has 0 saturated heterocycles. The van der Waals surface area contributed by atoms with Gasteiger partial charge in [-0.15, -0.1) is 0 Å². The van der Waals surface area contributed by atoms with Gasteiger partial charge in [0.2, 0.25) is 0 Å². The Labute approximate surface area is 154 Å². The monoisotopic (exact) mass is 360 g/mol. The fraction of sp³-hybridized carbons (Fsp3) is 0.500. The predicted molar refractivity (Wildman–Crippen MR) is 101 cm³/mol. The zero-order valence-electron chi connectivity index (χ0n) is 16.0. The topological polar surface area (TPSA) is 85.6 Å². The van der Waals surface area contributed by atoms with Crippen LogP contribution in [0.3, 0.4) is 0 Å². The van der Waals surface area contributed by atoms with E-state index >= 15 is 0 Å². The summed E-state index contributed by atoms with van der Waals surface area (Å²) in [6.07, 6.45) is 2.49. The van der Waals surface area contributed by atoms with Gasteiger partial charge in [0.25, 0.3) is 0 Å². The molecule has 8 nitrogen and oxygen atoms in total. The van der Waals surface area contributed by atoms with Gasteiger partial charge >= 0.3 is 0 Å². The summed E-state index contributed by atoms with van der Waals surface area (Å²) in [5.74, 6) is 3.05. The van der Waals surface area contributed by atoms with E-state index in [-0.39, 0.29) is 0 Å². The summed E-state index contributed by atoms with van der Waals surface area (Å²) < 4.78 is 12.8. The maximum absolute atomic E-state index is 5.69. The molecule has 0 fully saturated rings. The van der Waals surface area contributed by atoms with Crippen LogP contribution in [0.25, 0.3) is 0 Å². The fourth-order valence-corrected chi connectivity index (χ4v) is 2.30. The minimum Gasteiger partial charge on any atom is -0.493 e. The molecule has 0 atom stereocenters. The standard InChI is InChI=1S/C18H28N6O2/c1-5-9-26-15-8-7-14(10-16(15)25-4)11-20-18(19-6-2)21-12-17-22-13-23-24(17)3/h7-8,10,13H,5-6,9,11-12H2,1-4H3,(H2,19,20,21). The van der Waals surface area contributed by atoms with E-state index in [4.69, 9.17) is 9.47 Å². The Bertz CT molecular complexity index is 713. The van der Waals surface area contributed by atoms with Crippen molar-refractivity contribution in [3.05, 3.63) is 35.9 Å². The van der Waals surface area contributed by atoms with Gasteiger partial charge in [0.05, 0.1) is 26.8 Å². The Morgan fingerprint density at radius 1 is 1.23 bits per heavy atom. The Balaban J connectivity index is 2.02. The molecule has 0 spiro atoms. The van der Waals surface area contributed by atoms with Crippen molar-refractivity contribution >= 4 is 5.96 Å². The summed E-state index contributed by atoms with van der Waals surface area (Å²) in [5.41, 5.74) is 1.04. The molecule has 26 heavy (non-hydrogen) atoms. The number of methoxy groups -OCH3 is 1. The number of hydrogen-bond donors (Lipinski definition) is 2. The van der Waals surface area contributed by atoms with Gasteiger partial charge in [-0.1, -0.05) is 13.0 Å². The number of nitrogens with zero attached hydrogens (tertiary/aromatic N) is 4. The van der Waals surface area contributed by atoms with Gasteiger partial charge in [0, 0.05) is 13.6 Å². The van der Waals surface area contributed by atoms with Gasteiger partial charge < -0.3 is 20.1 Å². The summed E-state index contributed by atoms with van der Waals surface area (Å²) in [4.78, 5) is 8.82. The maximum atomic E-state index is 5.69. The summed E-state index contributed by atoms with van der Waals surface area (Å²) in [6, 6.07) is 5.89. The molecule has 0 aliphatic heterocycles. The van der Waals surface area contributed by atoms with Crippen molar-refractivity contribution in [2.75, 3.05) is 20.3 Å². The molecule has 0 aliphatic rings. The van der Waals surface area contributed by atoms with Crippen molar-refractivity contribution in [1.82, 2.24) is 25.4 Å². The molecule has 2 N–H and O–H groups in total. The van der Waals surface area contributed by atoms with Crippen LogP contribution in [0.2, 0.25) is 0 Å². The first-order valence-corrected chi connectivity index (χ1v) is 8.82. The van der Waals surface area contributed by atoms with E-state index in [2.05, 4.69) is 32.6 Å². The van der Waals surface area contributed by atoms with Gasteiger partial charge in [-0.2, -0.15) is 5.10 Å². The number of aryl methyl sites for hydroxylation is 1. The molecular formula is C18H28N6O2. The smallest absolute Gasteiger partial charge is 0.191 e. The summed E-state index contributed by atoms with van der Waals surface area (Å²) in [6.45, 7) is 6.63. The molecule has 2 aromatic rings. The molecule has 0 unspecified atom stereocenters. The third-order valence-electron chi connectivity index (χ3n) is 3.67. The number of ether oxygens (including phenoxy) is 2. The molecule has 8 heteroatoms. The van der Waals surface area contributed by atoms with Crippen LogP contribution in [-0.2, 0) is 20.1 Å². The van der Waals surface area contributed by atoms with Gasteiger partial charge in [-0.3, -0.25) is 4.68 Å². The lowest BCUT2D eigenvalue weighted by Crippen LogP contribution is -2.37. The van der Waals surface area contributed by atoms with Gasteiger partial charge in [0.1, 0.15) is 12.2 Å². The van der Waals surface area contributed by atoms with E-state index < -0.39 is 0 Å². The molecule has 0 saturated carbocycles. The van der Waals surface area contributed by atoms with E-state index in [0.29, 0.717) is 19.7 Å². The third-order valence-corrected chi connectivity index (χ3v) is 3.67. The van der Waals surface area contributed by atoms with Crippen LogP contribution < -0.4 is 20.1 Å². The van der Waals surface area contributed by atoms with Crippen LogP contribution in [-0.4, -0.2) is 41.0 Å². The fourth-order valence-electron chi connectivity index (χ4n) is 2.30. The number of guanidine groups is 1. The Morgan fingerprint density at radius 3 is 2.73 bits per heavy atom. The van der Waals surface area contributed by atoms with Gasteiger partial charge in [0.15, 0.2) is 17.5 Å². The zero-order chi connectivity index (χ0) is 18.8. The highest BCUT2D eigenvalue weighted by Crippen LogP contribution is 2.28. The van der Waals surface area contributed by atoms with Crippen molar-refractivity contribution in [2.45, 2.75) is 33.4 Å². The Kier molecular flexibility index (Phi) is 7.73. The van der Waals surface area contributed by atoms with Gasteiger partial charge in [-0.05, 0) is 31.0 Å².